The van der Waals surface area contributed by atoms with E-state index in [2.05, 4.69) is 5.32 Å². The van der Waals surface area contributed by atoms with Gasteiger partial charge in [-0.2, -0.15) is 0 Å². The maximum atomic E-state index is 13.6. The molecule has 0 bridgehead atoms. The number of methoxy groups -OCH3 is 1. The number of nitrogens with one attached hydrogen (secondary N) is 1. The summed E-state index contributed by atoms with van der Waals surface area (Å²) in [5.41, 5.74) is 0.919. The van der Waals surface area contributed by atoms with Gasteiger partial charge in [0.05, 0.1) is 11.4 Å². The number of rotatable bonds is 5. The molecule has 1 heterocycles. The Bertz CT molecular complexity index is 558. The Hall–Kier alpha value is -1.10. The molecule has 0 spiro atoms. The van der Waals surface area contributed by atoms with E-state index in [1.165, 1.54) is 24.5 Å². The highest BCUT2D eigenvalue weighted by Crippen LogP contribution is 2.29. The predicted molar refractivity (Wildman–Crippen MR) is 77.8 cm³/mol. The standard InChI is InChI=1S/C14H15ClFNOS/c1-17-11(13-5-6-14(15)19-13)8-9-3-4-12(18-2)10(16)7-9/h3-7,11,17H,8H2,1-2H3. The van der Waals surface area contributed by atoms with Crippen molar-refractivity contribution in [3.05, 3.63) is 50.9 Å². The van der Waals surface area contributed by atoms with Crippen LogP contribution in [0.15, 0.2) is 30.3 Å². The molecule has 2 nitrogen and oxygen atoms in total. The Morgan fingerprint density at radius 2 is 2.16 bits per heavy atom. The van der Waals surface area contributed by atoms with E-state index < -0.39 is 0 Å². The Balaban J connectivity index is 2.16. The van der Waals surface area contributed by atoms with Crippen LogP contribution in [0.25, 0.3) is 0 Å². The highest BCUT2D eigenvalue weighted by Gasteiger charge is 2.13. The molecular formula is C14H15ClFNOS. The molecule has 0 aliphatic heterocycles. The second-order valence-corrected chi connectivity index (χ2v) is 5.90. The summed E-state index contributed by atoms with van der Waals surface area (Å²) >= 11 is 7.48. The van der Waals surface area contributed by atoms with E-state index in [1.807, 2.05) is 25.2 Å². The summed E-state index contributed by atoms with van der Waals surface area (Å²) in [5.74, 6) is -0.0667. The van der Waals surface area contributed by atoms with Crippen LogP contribution >= 0.6 is 22.9 Å². The largest absolute Gasteiger partial charge is 0.494 e. The Morgan fingerprint density at radius 3 is 2.68 bits per heavy atom. The van der Waals surface area contributed by atoms with Crippen molar-refractivity contribution in [2.45, 2.75) is 12.5 Å². The number of ether oxygens (including phenoxy) is 1. The lowest BCUT2D eigenvalue weighted by atomic mass is 10.0. The normalized spacial score (nSPS) is 12.4. The fraction of sp³-hybridized carbons (Fsp3) is 0.286. The average molecular weight is 300 g/mol. The quantitative estimate of drug-likeness (QED) is 0.899. The Kier molecular flexibility index (Phi) is 4.80. The number of hydrogen-bond acceptors (Lipinski definition) is 3. The third-order valence-electron chi connectivity index (χ3n) is 2.94. The molecule has 1 aromatic carbocycles. The van der Waals surface area contributed by atoms with Crippen LogP contribution in [-0.4, -0.2) is 14.2 Å². The molecule has 0 aliphatic rings. The smallest absolute Gasteiger partial charge is 0.165 e. The molecule has 1 aromatic heterocycles. The summed E-state index contributed by atoms with van der Waals surface area (Å²) in [6.07, 6.45) is 0.703. The van der Waals surface area contributed by atoms with Crippen molar-refractivity contribution in [2.75, 3.05) is 14.2 Å². The first-order valence-electron chi connectivity index (χ1n) is 5.89. The van der Waals surface area contributed by atoms with E-state index in [9.17, 15) is 4.39 Å². The van der Waals surface area contributed by atoms with Crippen LogP contribution in [0.4, 0.5) is 4.39 Å². The molecule has 0 aliphatic carbocycles. The predicted octanol–water partition coefficient (Wildman–Crippen LogP) is 4.05. The molecule has 0 radical (unpaired) electrons. The zero-order valence-electron chi connectivity index (χ0n) is 10.7. The summed E-state index contributed by atoms with van der Waals surface area (Å²) in [7, 11) is 3.35. The minimum absolute atomic E-state index is 0.130. The van der Waals surface area contributed by atoms with E-state index in [-0.39, 0.29) is 17.6 Å². The van der Waals surface area contributed by atoms with E-state index >= 15 is 0 Å². The fourth-order valence-corrected chi connectivity index (χ4v) is 3.10. The molecule has 19 heavy (non-hydrogen) atoms. The maximum absolute atomic E-state index is 13.6. The van der Waals surface area contributed by atoms with Gasteiger partial charge >= 0.3 is 0 Å². The third-order valence-corrected chi connectivity index (χ3v) is 4.29. The van der Waals surface area contributed by atoms with Crippen LogP contribution < -0.4 is 10.1 Å². The minimum Gasteiger partial charge on any atom is -0.494 e. The molecular weight excluding hydrogens is 285 g/mol. The van der Waals surface area contributed by atoms with Crippen molar-refractivity contribution in [1.29, 1.82) is 0 Å². The minimum atomic E-state index is -0.334. The monoisotopic (exact) mass is 299 g/mol. The van der Waals surface area contributed by atoms with Gasteiger partial charge in [-0.05, 0) is 43.3 Å². The maximum Gasteiger partial charge on any atom is 0.165 e. The van der Waals surface area contributed by atoms with Crippen molar-refractivity contribution in [2.24, 2.45) is 0 Å². The molecule has 102 valence electrons. The van der Waals surface area contributed by atoms with Crippen LogP contribution in [-0.2, 0) is 6.42 Å². The lowest BCUT2D eigenvalue weighted by Gasteiger charge is -2.15. The van der Waals surface area contributed by atoms with E-state index in [0.717, 1.165) is 14.8 Å². The van der Waals surface area contributed by atoms with E-state index in [1.54, 1.807) is 6.07 Å². The van der Waals surface area contributed by atoms with Gasteiger partial charge in [-0.1, -0.05) is 17.7 Å². The molecule has 1 unspecified atom stereocenters. The van der Waals surface area contributed by atoms with Gasteiger partial charge in [0.25, 0.3) is 0 Å². The Morgan fingerprint density at radius 1 is 1.37 bits per heavy atom. The fourth-order valence-electron chi connectivity index (χ4n) is 1.93. The van der Waals surface area contributed by atoms with Crippen molar-refractivity contribution < 1.29 is 9.13 Å². The van der Waals surface area contributed by atoms with E-state index in [4.69, 9.17) is 16.3 Å². The van der Waals surface area contributed by atoms with Gasteiger partial charge in [0.1, 0.15) is 0 Å². The lowest BCUT2D eigenvalue weighted by Crippen LogP contribution is -2.17. The molecule has 0 fully saturated rings. The van der Waals surface area contributed by atoms with Gasteiger partial charge < -0.3 is 10.1 Å². The highest BCUT2D eigenvalue weighted by atomic mass is 35.5. The Labute approximate surface area is 121 Å². The van der Waals surface area contributed by atoms with Crippen LogP contribution in [0.2, 0.25) is 4.34 Å². The summed E-state index contributed by atoms with van der Waals surface area (Å²) in [5, 5.41) is 3.23. The molecule has 0 amide bonds. The second kappa shape index (κ2) is 6.37. The number of likely N-dealkylation sites (N-methyl/N-ethyl adjacent to an activating group) is 1. The zero-order valence-corrected chi connectivity index (χ0v) is 12.3. The van der Waals surface area contributed by atoms with Gasteiger partial charge in [-0.15, -0.1) is 11.3 Å². The summed E-state index contributed by atoms with van der Waals surface area (Å²) in [6, 6.07) is 9.04. The average Bonchev–Trinajstić information content (AvgIpc) is 2.82. The van der Waals surface area contributed by atoms with Gasteiger partial charge in [-0.3, -0.25) is 0 Å². The zero-order chi connectivity index (χ0) is 13.8. The number of hydrogen-bond donors (Lipinski definition) is 1. The van der Waals surface area contributed by atoms with Crippen molar-refractivity contribution in [3.8, 4) is 5.75 Å². The molecule has 1 N–H and O–H groups in total. The molecule has 2 aromatic rings. The van der Waals surface area contributed by atoms with Gasteiger partial charge in [0.2, 0.25) is 0 Å². The third kappa shape index (κ3) is 3.47. The second-order valence-electron chi connectivity index (χ2n) is 4.16. The number of thiophene rings is 1. The summed E-state index contributed by atoms with van der Waals surface area (Å²) in [6.45, 7) is 0. The molecule has 0 saturated carbocycles. The first-order chi connectivity index (χ1) is 9.13. The van der Waals surface area contributed by atoms with Crippen LogP contribution in [0.1, 0.15) is 16.5 Å². The summed E-state index contributed by atoms with van der Waals surface area (Å²) < 4.78 is 19.3. The van der Waals surface area contributed by atoms with Crippen molar-refractivity contribution >= 4 is 22.9 Å². The molecule has 2 rings (SSSR count). The van der Waals surface area contributed by atoms with Gasteiger partial charge in [0, 0.05) is 10.9 Å². The first kappa shape index (κ1) is 14.3. The highest BCUT2D eigenvalue weighted by molar-refractivity contribution is 7.16. The summed E-state index contributed by atoms with van der Waals surface area (Å²) in [4.78, 5) is 1.14. The van der Waals surface area contributed by atoms with Gasteiger partial charge in [0.15, 0.2) is 11.6 Å². The van der Waals surface area contributed by atoms with E-state index in [0.29, 0.717) is 6.42 Å². The number of benzene rings is 1. The molecule has 5 heteroatoms. The molecule has 1 atom stereocenters. The van der Waals surface area contributed by atoms with Gasteiger partial charge in [-0.25, -0.2) is 4.39 Å². The topological polar surface area (TPSA) is 21.3 Å². The lowest BCUT2D eigenvalue weighted by molar-refractivity contribution is 0.386. The molecule has 0 saturated heterocycles. The number of halogens is 2. The first-order valence-corrected chi connectivity index (χ1v) is 7.08. The SMILES string of the molecule is CNC(Cc1ccc(OC)c(F)c1)c1ccc(Cl)s1. The van der Waals surface area contributed by atoms with Crippen molar-refractivity contribution in [1.82, 2.24) is 5.32 Å². The van der Waals surface area contributed by atoms with Crippen LogP contribution in [0.5, 0.6) is 5.75 Å². The van der Waals surface area contributed by atoms with Crippen molar-refractivity contribution in [3.63, 3.8) is 0 Å². The van der Waals surface area contributed by atoms with Crippen LogP contribution in [0, 0.1) is 5.82 Å². The van der Waals surface area contributed by atoms with Crippen LogP contribution in [0.3, 0.4) is 0 Å².